The van der Waals surface area contributed by atoms with Gasteiger partial charge in [0.15, 0.2) is 5.41 Å². The first-order chi connectivity index (χ1) is 13.1. The van der Waals surface area contributed by atoms with Crippen LogP contribution >= 0.6 is 0 Å². The van der Waals surface area contributed by atoms with Crippen LogP contribution in [0, 0.1) is 12.3 Å². The first-order valence-electron chi connectivity index (χ1n) is 9.91. The van der Waals surface area contributed by atoms with Crippen molar-refractivity contribution in [2.24, 2.45) is 5.41 Å². The molecule has 0 heterocycles. The minimum Gasteiger partial charge on any atom is -0.481 e. The van der Waals surface area contributed by atoms with Crippen molar-refractivity contribution < 1.29 is 29.0 Å². The van der Waals surface area contributed by atoms with Crippen molar-refractivity contribution in [3.8, 4) is 0 Å². The largest absolute Gasteiger partial charge is 0.481 e. The van der Waals surface area contributed by atoms with E-state index in [9.17, 15) is 19.5 Å². The number of carboxylic acid groups (broad SMARTS) is 1. The SMILES string of the molecule is Cc1ccc2c(c1)C(CC(=O)O)CC(C(=O)OC(C)(C)C)(C(=O)OC(C)(C)C)C2. The Morgan fingerprint density at radius 2 is 1.55 bits per heavy atom. The first-order valence-corrected chi connectivity index (χ1v) is 9.91. The van der Waals surface area contributed by atoms with Gasteiger partial charge in [-0.25, -0.2) is 0 Å². The van der Waals surface area contributed by atoms with Crippen LogP contribution in [0.15, 0.2) is 18.2 Å². The molecule has 1 aliphatic rings. The van der Waals surface area contributed by atoms with Crippen molar-refractivity contribution in [3.05, 3.63) is 34.9 Å². The Morgan fingerprint density at radius 3 is 2.00 bits per heavy atom. The Labute approximate surface area is 172 Å². The van der Waals surface area contributed by atoms with Gasteiger partial charge in [-0.15, -0.1) is 0 Å². The van der Waals surface area contributed by atoms with E-state index in [0.717, 1.165) is 16.7 Å². The van der Waals surface area contributed by atoms with Crippen LogP contribution in [0.3, 0.4) is 0 Å². The van der Waals surface area contributed by atoms with Crippen LogP contribution in [0.25, 0.3) is 0 Å². The predicted molar refractivity (Wildman–Crippen MR) is 109 cm³/mol. The number of carbonyl (C=O) groups is 3. The quantitative estimate of drug-likeness (QED) is 0.598. The van der Waals surface area contributed by atoms with Crippen LogP contribution in [0.2, 0.25) is 0 Å². The molecular weight excluding hydrogens is 372 g/mol. The average Bonchev–Trinajstić information content (AvgIpc) is 2.51. The summed E-state index contributed by atoms with van der Waals surface area (Å²) in [5.41, 5.74) is -0.506. The molecule has 0 bridgehead atoms. The van der Waals surface area contributed by atoms with Gasteiger partial charge in [-0.2, -0.15) is 0 Å². The van der Waals surface area contributed by atoms with Gasteiger partial charge in [0, 0.05) is 0 Å². The molecule has 6 nitrogen and oxygen atoms in total. The topological polar surface area (TPSA) is 89.9 Å². The lowest BCUT2D eigenvalue weighted by atomic mass is 9.65. The van der Waals surface area contributed by atoms with E-state index in [4.69, 9.17) is 9.47 Å². The smallest absolute Gasteiger partial charge is 0.324 e. The summed E-state index contributed by atoms with van der Waals surface area (Å²) in [5, 5.41) is 9.45. The molecule has 0 radical (unpaired) electrons. The number of benzene rings is 1. The molecule has 0 saturated heterocycles. The number of carbonyl (C=O) groups excluding carboxylic acids is 2. The molecule has 0 aromatic heterocycles. The highest BCUT2D eigenvalue weighted by molar-refractivity contribution is 6.01. The third-order valence-electron chi connectivity index (χ3n) is 4.83. The zero-order chi connectivity index (χ0) is 22.2. The number of aliphatic carboxylic acids is 1. The monoisotopic (exact) mass is 404 g/mol. The van der Waals surface area contributed by atoms with Crippen molar-refractivity contribution >= 4 is 17.9 Å². The number of rotatable bonds is 4. The van der Waals surface area contributed by atoms with Crippen LogP contribution in [0.4, 0.5) is 0 Å². The fraction of sp³-hybridized carbons (Fsp3) is 0.609. The summed E-state index contributed by atoms with van der Waals surface area (Å²) >= 11 is 0. The van der Waals surface area contributed by atoms with Gasteiger partial charge in [0.25, 0.3) is 0 Å². The Bertz CT molecular complexity index is 782. The van der Waals surface area contributed by atoms with E-state index >= 15 is 0 Å². The van der Waals surface area contributed by atoms with Gasteiger partial charge < -0.3 is 14.6 Å². The predicted octanol–water partition coefficient (Wildman–Crippen LogP) is 4.17. The highest BCUT2D eigenvalue weighted by atomic mass is 16.6. The van der Waals surface area contributed by atoms with Crippen LogP contribution < -0.4 is 0 Å². The third kappa shape index (κ3) is 5.58. The van der Waals surface area contributed by atoms with Gasteiger partial charge >= 0.3 is 17.9 Å². The number of fused-ring (bicyclic) bond motifs is 1. The van der Waals surface area contributed by atoms with Gasteiger partial charge in [0.2, 0.25) is 0 Å². The van der Waals surface area contributed by atoms with E-state index in [0.29, 0.717) is 0 Å². The standard InChI is InChI=1S/C23H32O6/c1-14-8-9-15-12-23(19(26)28-21(2,3)4,20(27)29-22(5,6)7)13-16(11-18(24)25)17(15)10-14/h8-10,16H,11-13H2,1-7H3,(H,24,25). The van der Waals surface area contributed by atoms with E-state index in [-0.39, 0.29) is 19.3 Å². The zero-order valence-corrected chi connectivity index (χ0v) is 18.4. The first kappa shape index (κ1) is 22.9. The second kappa shape index (κ2) is 7.81. The summed E-state index contributed by atoms with van der Waals surface area (Å²) in [6.07, 6.45) is -0.00800. The maximum absolute atomic E-state index is 13.3. The fourth-order valence-electron chi connectivity index (χ4n) is 3.72. The lowest BCUT2D eigenvalue weighted by Gasteiger charge is -2.40. The molecule has 0 saturated carbocycles. The Morgan fingerprint density at radius 1 is 1.03 bits per heavy atom. The minimum atomic E-state index is -1.58. The van der Waals surface area contributed by atoms with Crippen molar-refractivity contribution in [1.29, 1.82) is 0 Å². The molecule has 0 amide bonds. The Hall–Kier alpha value is -2.37. The average molecular weight is 405 g/mol. The molecule has 1 aromatic rings. The van der Waals surface area contributed by atoms with Gasteiger partial charge in [0.05, 0.1) is 6.42 Å². The Kier molecular flexibility index (Phi) is 6.17. The number of hydrogen-bond donors (Lipinski definition) is 1. The third-order valence-corrected chi connectivity index (χ3v) is 4.83. The van der Waals surface area contributed by atoms with E-state index < -0.39 is 40.4 Å². The van der Waals surface area contributed by atoms with Gasteiger partial charge in [0.1, 0.15) is 11.2 Å². The molecule has 1 N–H and O–H groups in total. The number of esters is 2. The molecule has 1 aromatic carbocycles. The zero-order valence-electron chi connectivity index (χ0n) is 18.4. The van der Waals surface area contributed by atoms with Crippen LogP contribution in [-0.2, 0) is 30.3 Å². The molecule has 160 valence electrons. The molecule has 1 unspecified atom stereocenters. The molecule has 0 aliphatic heterocycles. The number of hydrogen-bond acceptors (Lipinski definition) is 5. The summed E-state index contributed by atoms with van der Waals surface area (Å²) in [5.74, 6) is -2.80. The van der Waals surface area contributed by atoms with Crippen molar-refractivity contribution in [1.82, 2.24) is 0 Å². The summed E-state index contributed by atoms with van der Waals surface area (Å²) in [6.45, 7) is 12.4. The van der Waals surface area contributed by atoms with E-state index in [1.165, 1.54) is 0 Å². The molecule has 0 spiro atoms. The van der Waals surface area contributed by atoms with E-state index in [2.05, 4.69) is 0 Å². The lowest BCUT2D eigenvalue weighted by molar-refractivity contribution is -0.187. The molecule has 29 heavy (non-hydrogen) atoms. The van der Waals surface area contributed by atoms with Gasteiger partial charge in [-0.05, 0) is 78.4 Å². The van der Waals surface area contributed by atoms with Gasteiger partial charge in [-0.1, -0.05) is 23.8 Å². The molecule has 1 aliphatic carbocycles. The second-order valence-corrected chi connectivity index (χ2v) is 9.96. The Balaban J connectivity index is 2.60. The summed E-state index contributed by atoms with van der Waals surface area (Å²) in [6, 6.07) is 5.70. The molecule has 1 atom stereocenters. The summed E-state index contributed by atoms with van der Waals surface area (Å²) < 4.78 is 11.2. The maximum atomic E-state index is 13.3. The van der Waals surface area contributed by atoms with Crippen LogP contribution in [-0.4, -0.2) is 34.2 Å². The molecule has 6 heteroatoms. The summed E-state index contributed by atoms with van der Waals surface area (Å²) in [7, 11) is 0. The van der Waals surface area contributed by atoms with Crippen molar-refractivity contribution in [2.45, 2.75) is 84.8 Å². The molecule has 0 fully saturated rings. The number of carboxylic acids is 1. The number of ether oxygens (including phenoxy) is 2. The van der Waals surface area contributed by atoms with E-state index in [1.807, 2.05) is 25.1 Å². The van der Waals surface area contributed by atoms with Gasteiger partial charge in [-0.3, -0.25) is 14.4 Å². The lowest BCUT2D eigenvalue weighted by Crippen LogP contribution is -2.50. The van der Waals surface area contributed by atoms with Crippen LogP contribution in [0.1, 0.15) is 77.0 Å². The summed E-state index contributed by atoms with van der Waals surface area (Å²) in [4.78, 5) is 38.1. The molecular formula is C23H32O6. The maximum Gasteiger partial charge on any atom is 0.324 e. The van der Waals surface area contributed by atoms with Crippen molar-refractivity contribution in [2.75, 3.05) is 0 Å². The number of aryl methyl sites for hydroxylation is 1. The van der Waals surface area contributed by atoms with Crippen molar-refractivity contribution in [3.63, 3.8) is 0 Å². The highest BCUT2D eigenvalue weighted by Crippen LogP contribution is 2.47. The van der Waals surface area contributed by atoms with Crippen LogP contribution in [0.5, 0.6) is 0 Å². The molecule has 2 rings (SSSR count). The second-order valence-electron chi connectivity index (χ2n) is 9.96. The fourth-order valence-corrected chi connectivity index (χ4v) is 3.72. The minimum absolute atomic E-state index is 0.0413. The normalized spacial score (nSPS) is 18.5. The van der Waals surface area contributed by atoms with E-state index in [1.54, 1.807) is 41.5 Å². The highest BCUT2D eigenvalue weighted by Gasteiger charge is 2.55.